The maximum absolute atomic E-state index is 12.5. The molecule has 1 aromatic carbocycles. The Kier molecular flexibility index (Phi) is 7.24. The van der Waals surface area contributed by atoms with Crippen LogP contribution in [0.4, 0.5) is 5.95 Å². The molecule has 1 N–H and O–H groups in total. The van der Waals surface area contributed by atoms with Gasteiger partial charge in [0.2, 0.25) is 11.8 Å². The van der Waals surface area contributed by atoms with Crippen LogP contribution < -0.4 is 9.64 Å². The lowest BCUT2D eigenvalue weighted by Crippen LogP contribution is -2.49. The number of ether oxygens (including phenoxy) is 1. The first-order valence-corrected chi connectivity index (χ1v) is 8.23. The molecule has 0 bridgehead atoms. The Balaban J connectivity index is 0.00000109. The molecule has 0 saturated carbocycles. The number of nitrogens with zero attached hydrogens (tertiary/aromatic N) is 4. The third kappa shape index (κ3) is 4.72. The van der Waals surface area contributed by atoms with E-state index in [9.17, 15) is 4.79 Å². The summed E-state index contributed by atoms with van der Waals surface area (Å²) in [5, 5.41) is 0.482. The minimum Gasteiger partial charge on any atom is -0.481 e. The lowest BCUT2D eigenvalue weighted by Gasteiger charge is -2.34. The smallest absolute Gasteiger partial charge is 0.255 e. The van der Waals surface area contributed by atoms with Gasteiger partial charge in [0.05, 0.1) is 29.6 Å². The summed E-state index contributed by atoms with van der Waals surface area (Å²) in [6, 6.07) is 8.83. The van der Waals surface area contributed by atoms with Crippen molar-refractivity contribution in [2.45, 2.75) is 0 Å². The van der Waals surface area contributed by atoms with Crippen LogP contribution in [-0.2, 0) is 0 Å². The molecule has 9 heteroatoms. The minimum absolute atomic E-state index is 0.0400. The number of hydrogen-bond acceptors (Lipinski definition) is 6. The van der Waals surface area contributed by atoms with Crippen molar-refractivity contribution in [3.05, 3.63) is 47.1 Å². The molecule has 7 nitrogen and oxygen atoms in total. The zero-order valence-corrected chi connectivity index (χ0v) is 15.1. The van der Waals surface area contributed by atoms with Gasteiger partial charge in [-0.2, -0.15) is 4.98 Å². The Morgan fingerprint density at radius 2 is 1.84 bits per heavy atom. The summed E-state index contributed by atoms with van der Waals surface area (Å²) in [5.41, 5.74) is 0.542. The number of rotatable bonds is 3. The van der Waals surface area contributed by atoms with Crippen molar-refractivity contribution in [3.63, 3.8) is 0 Å². The van der Waals surface area contributed by atoms with Gasteiger partial charge < -0.3 is 14.5 Å². The van der Waals surface area contributed by atoms with Crippen LogP contribution in [0, 0.1) is 0 Å². The minimum atomic E-state index is -0.0400. The Morgan fingerprint density at radius 1 is 1.16 bits per heavy atom. The summed E-state index contributed by atoms with van der Waals surface area (Å²) < 4.78 is 11.6. The molecule has 1 amide bonds. The van der Waals surface area contributed by atoms with E-state index in [1.807, 2.05) is 17.0 Å². The molecule has 2 aromatic rings. The molecular formula is C16H18Cl2N4O3. The first kappa shape index (κ1) is 19.2. The first-order valence-electron chi connectivity index (χ1n) is 7.52. The quantitative estimate of drug-likeness (QED) is 0.873. The van der Waals surface area contributed by atoms with Crippen molar-refractivity contribution in [2.24, 2.45) is 0 Å². The Labute approximate surface area is 155 Å². The van der Waals surface area contributed by atoms with E-state index in [4.69, 9.17) is 21.0 Å². The van der Waals surface area contributed by atoms with E-state index < -0.39 is 0 Å². The van der Waals surface area contributed by atoms with Gasteiger partial charge in [0.15, 0.2) is 0 Å². The summed E-state index contributed by atoms with van der Waals surface area (Å²) in [6.45, 7) is 2.54. The summed E-state index contributed by atoms with van der Waals surface area (Å²) in [6.07, 6.45) is 1.67. The highest BCUT2D eigenvalue weighted by molar-refractivity contribution is 6.33. The fraction of sp³-hybridized carbons (Fsp3) is 0.312. The van der Waals surface area contributed by atoms with Gasteiger partial charge in [-0.05, 0) is 12.1 Å². The normalized spacial score (nSPS) is 13.8. The van der Waals surface area contributed by atoms with Crippen molar-refractivity contribution in [1.29, 1.82) is 0 Å². The van der Waals surface area contributed by atoms with Crippen LogP contribution in [0.5, 0.6) is 5.88 Å². The topological polar surface area (TPSA) is 78.8 Å². The number of anilines is 1. The summed E-state index contributed by atoms with van der Waals surface area (Å²) in [4.78, 5) is 25.0. The largest absolute Gasteiger partial charge is 0.481 e. The number of benzene rings is 1. The van der Waals surface area contributed by atoms with Crippen LogP contribution in [0.2, 0.25) is 5.02 Å². The van der Waals surface area contributed by atoms with Crippen molar-refractivity contribution >= 4 is 35.3 Å². The van der Waals surface area contributed by atoms with Gasteiger partial charge in [0, 0.05) is 38.4 Å². The lowest BCUT2D eigenvalue weighted by molar-refractivity contribution is 0.0746. The number of carbonyl (C=O) groups is 1. The van der Waals surface area contributed by atoms with E-state index in [0.29, 0.717) is 48.6 Å². The zero-order chi connectivity index (χ0) is 18.2. The maximum Gasteiger partial charge on any atom is 0.255 e. The third-order valence-electron chi connectivity index (χ3n) is 3.78. The highest BCUT2D eigenvalue weighted by Crippen LogP contribution is 2.19. The van der Waals surface area contributed by atoms with Crippen LogP contribution in [0.25, 0.3) is 0 Å². The van der Waals surface area contributed by atoms with Crippen LogP contribution in [0.1, 0.15) is 10.4 Å². The summed E-state index contributed by atoms with van der Waals surface area (Å²) in [5.74, 6) is 1.11. The number of carbonyl (C=O) groups excluding carboxylic acids is 1. The second-order valence-corrected chi connectivity index (χ2v) is 5.57. The van der Waals surface area contributed by atoms with E-state index >= 15 is 0 Å². The number of amides is 1. The molecule has 1 aromatic heterocycles. The van der Waals surface area contributed by atoms with Crippen molar-refractivity contribution in [1.82, 2.24) is 14.9 Å². The summed E-state index contributed by atoms with van der Waals surface area (Å²) in [7, 11) is 1.58. The SMILES string of the molecule is COc1ccnc(N2CCN(C(=O)c3ccccc3Cl)CC2)n1.OCl. The second kappa shape index (κ2) is 9.41. The molecule has 0 radical (unpaired) electrons. The van der Waals surface area contributed by atoms with Gasteiger partial charge in [-0.15, -0.1) is 0 Å². The fourth-order valence-electron chi connectivity index (χ4n) is 2.51. The molecule has 3 rings (SSSR count). The molecule has 2 heterocycles. The van der Waals surface area contributed by atoms with E-state index in [1.165, 1.54) is 0 Å². The monoisotopic (exact) mass is 384 g/mol. The molecule has 1 fully saturated rings. The average Bonchev–Trinajstić information content (AvgIpc) is 2.69. The Hall–Kier alpha value is -2.09. The van der Waals surface area contributed by atoms with Gasteiger partial charge in [-0.1, -0.05) is 23.7 Å². The highest BCUT2D eigenvalue weighted by atomic mass is 35.5. The molecule has 1 aliphatic rings. The number of halogens is 2. The molecule has 25 heavy (non-hydrogen) atoms. The second-order valence-electron chi connectivity index (χ2n) is 5.16. The standard InChI is InChI=1S/C16H17ClN4O2.ClHO/c1-23-14-6-7-18-16(19-14)21-10-8-20(9-11-21)15(22)12-4-2-3-5-13(12)17;1-2/h2-7H,8-11H2,1H3;2H. The van der Waals surface area contributed by atoms with Crippen molar-refractivity contribution < 1.29 is 14.2 Å². The molecule has 0 aliphatic carbocycles. The first-order chi connectivity index (χ1) is 12.2. The van der Waals surface area contributed by atoms with E-state index in [1.54, 1.807) is 36.4 Å². The molecule has 0 unspecified atom stereocenters. The van der Waals surface area contributed by atoms with Crippen molar-refractivity contribution in [3.8, 4) is 5.88 Å². The highest BCUT2D eigenvalue weighted by Gasteiger charge is 2.24. The number of piperazine rings is 1. The zero-order valence-electron chi connectivity index (χ0n) is 13.6. The Morgan fingerprint density at radius 3 is 2.48 bits per heavy atom. The molecule has 0 spiro atoms. The van der Waals surface area contributed by atoms with Gasteiger partial charge in [-0.25, -0.2) is 4.98 Å². The molecular weight excluding hydrogens is 367 g/mol. The predicted molar refractivity (Wildman–Crippen MR) is 96.2 cm³/mol. The van der Waals surface area contributed by atoms with Gasteiger partial charge >= 0.3 is 0 Å². The van der Waals surface area contributed by atoms with Gasteiger partial charge in [0.1, 0.15) is 0 Å². The lowest BCUT2D eigenvalue weighted by atomic mass is 10.2. The summed E-state index contributed by atoms with van der Waals surface area (Å²) >= 11 is 9.74. The number of hydrogen-bond donors (Lipinski definition) is 1. The van der Waals surface area contributed by atoms with Crippen LogP contribution in [-0.4, -0.2) is 58.7 Å². The predicted octanol–water partition coefficient (Wildman–Crippen LogP) is 2.23. The maximum atomic E-state index is 12.5. The Bertz CT molecular complexity index is 709. The molecule has 134 valence electrons. The molecule has 1 saturated heterocycles. The fourth-order valence-corrected chi connectivity index (χ4v) is 2.73. The van der Waals surface area contributed by atoms with Gasteiger partial charge in [0.25, 0.3) is 5.91 Å². The molecule has 0 atom stereocenters. The number of aromatic nitrogens is 2. The molecule has 1 aliphatic heterocycles. The van der Waals surface area contributed by atoms with Crippen LogP contribution in [0.3, 0.4) is 0 Å². The van der Waals surface area contributed by atoms with Crippen molar-refractivity contribution in [2.75, 3.05) is 38.2 Å². The van der Waals surface area contributed by atoms with E-state index in [-0.39, 0.29) is 5.91 Å². The van der Waals surface area contributed by atoms with Crippen LogP contribution >= 0.6 is 23.5 Å². The third-order valence-corrected chi connectivity index (χ3v) is 4.11. The van der Waals surface area contributed by atoms with E-state index in [0.717, 1.165) is 0 Å². The van der Waals surface area contributed by atoms with E-state index in [2.05, 4.69) is 21.8 Å². The van der Waals surface area contributed by atoms with Crippen LogP contribution in [0.15, 0.2) is 36.5 Å². The van der Waals surface area contributed by atoms with Gasteiger partial charge in [-0.3, -0.25) is 9.45 Å². The average molecular weight is 385 g/mol. The number of methoxy groups -OCH3 is 1.